The Morgan fingerprint density at radius 3 is 3.06 bits per heavy atom. The number of benzene rings is 1. The van der Waals surface area contributed by atoms with E-state index in [9.17, 15) is 5.11 Å². The summed E-state index contributed by atoms with van der Waals surface area (Å²) >= 11 is 0. The molecule has 17 heavy (non-hydrogen) atoms. The van der Waals surface area contributed by atoms with E-state index in [1.165, 1.54) is 0 Å². The second kappa shape index (κ2) is 4.81. The Morgan fingerprint density at radius 2 is 2.35 bits per heavy atom. The molecule has 0 saturated carbocycles. The van der Waals surface area contributed by atoms with Crippen molar-refractivity contribution >= 4 is 0 Å². The van der Waals surface area contributed by atoms with Crippen molar-refractivity contribution in [1.82, 2.24) is 9.55 Å². The summed E-state index contributed by atoms with van der Waals surface area (Å²) in [5.74, 6) is 0.767. The topological polar surface area (TPSA) is 61.8 Å². The van der Waals surface area contributed by atoms with E-state index in [-0.39, 0.29) is 0 Å². The molecule has 0 spiro atoms. The van der Waals surface area contributed by atoms with Crippen molar-refractivity contribution in [2.75, 3.05) is 0 Å². The molecule has 0 bridgehead atoms. The molecule has 2 aromatic rings. The van der Waals surface area contributed by atoms with E-state index < -0.39 is 6.10 Å². The lowest BCUT2D eigenvalue weighted by Crippen LogP contribution is -2.12. The van der Waals surface area contributed by atoms with Crippen LogP contribution in [0.15, 0.2) is 36.7 Å². The van der Waals surface area contributed by atoms with Gasteiger partial charge in [0.2, 0.25) is 0 Å². The number of aromatic nitrogens is 2. The first kappa shape index (κ1) is 11.4. The third-order valence-corrected chi connectivity index (χ3v) is 2.43. The fourth-order valence-corrected chi connectivity index (χ4v) is 1.73. The predicted molar refractivity (Wildman–Crippen MR) is 64.1 cm³/mol. The molecule has 0 unspecified atom stereocenters. The predicted octanol–water partition coefficient (Wildman–Crippen LogP) is 1.80. The third-order valence-electron chi connectivity index (χ3n) is 2.43. The summed E-state index contributed by atoms with van der Waals surface area (Å²) in [7, 11) is 0. The fraction of sp³-hybridized carbons (Fsp3) is 0.231. The average molecular weight is 227 g/mol. The Hall–Kier alpha value is -2.12. The standard InChI is InChI=1S/C13H13N3O/c1-10(17)9-16-6-5-15-13(16)12-4-2-3-11(7-12)8-14/h2-7,10,17H,9H2,1H3/t10-/m0/s1. The lowest BCUT2D eigenvalue weighted by Gasteiger charge is -2.09. The van der Waals surface area contributed by atoms with Gasteiger partial charge in [0.15, 0.2) is 0 Å². The second-order valence-corrected chi connectivity index (χ2v) is 3.94. The van der Waals surface area contributed by atoms with Gasteiger partial charge in [-0.1, -0.05) is 12.1 Å². The van der Waals surface area contributed by atoms with E-state index >= 15 is 0 Å². The number of imidazole rings is 1. The molecule has 0 radical (unpaired) electrons. The highest BCUT2D eigenvalue weighted by Crippen LogP contribution is 2.18. The van der Waals surface area contributed by atoms with Crippen LogP contribution in [0.4, 0.5) is 0 Å². The van der Waals surface area contributed by atoms with E-state index in [1.54, 1.807) is 25.3 Å². The smallest absolute Gasteiger partial charge is 0.140 e. The van der Waals surface area contributed by atoms with E-state index in [0.29, 0.717) is 12.1 Å². The maximum absolute atomic E-state index is 9.40. The van der Waals surface area contributed by atoms with Crippen LogP contribution in [0.1, 0.15) is 12.5 Å². The van der Waals surface area contributed by atoms with Crippen molar-refractivity contribution in [1.29, 1.82) is 5.26 Å². The molecule has 0 aliphatic heterocycles. The van der Waals surface area contributed by atoms with Crippen molar-refractivity contribution < 1.29 is 5.11 Å². The molecular weight excluding hydrogens is 214 g/mol. The Morgan fingerprint density at radius 1 is 1.53 bits per heavy atom. The van der Waals surface area contributed by atoms with E-state index in [4.69, 9.17) is 5.26 Å². The van der Waals surface area contributed by atoms with Crippen LogP contribution in [0.2, 0.25) is 0 Å². The van der Waals surface area contributed by atoms with E-state index in [2.05, 4.69) is 11.1 Å². The normalized spacial score (nSPS) is 12.1. The molecule has 4 nitrogen and oxygen atoms in total. The monoisotopic (exact) mass is 227 g/mol. The zero-order chi connectivity index (χ0) is 12.3. The number of rotatable bonds is 3. The van der Waals surface area contributed by atoms with Gasteiger partial charge in [-0.2, -0.15) is 5.26 Å². The summed E-state index contributed by atoms with van der Waals surface area (Å²) in [4.78, 5) is 4.26. The minimum Gasteiger partial charge on any atom is -0.392 e. The van der Waals surface area contributed by atoms with Gasteiger partial charge in [-0.3, -0.25) is 0 Å². The van der Waals surface area contributed by atoms with Gasteiger partial charge >= 0.3 is 0 Å². The first-order valence-electron chi connectivity index (χ1n) is 5.40. The highest BCUT2D eigenvalue weighted by molar-refractivity contribution is 5.58. The Balaban J connectivity index is 2.39. The highest BCUT2D eigenvalue weighted by Gasteiger charge is 2.08. The van der Waals surface area contributed by atoms with Crippen LogP contribution in [0.3, 0.4) is 0 Å². The fourth-order valence-electron chi connectivity index (χ4n) is 1.73. The summed E-state index contributed by atoms with van der Waals surface area (Å²) in [6.07, 6.45) is 3.08. The lowest BCUT2D eigenvalue weighted by molar-refractivity contribution is 0.174. The summed E-state index contributed by atoms with van der Waals surface area (Å²) in [5, 5.41) is 18.3. The van der Waals surface area contributed by atoms with Crippen LogP contribution in [-0.4, -0.2) is 20.8 Å². The molecule has 4 heteroatoms. The molecule has 86 valence electrons. The van der Waals surface area contributed by atoms with Gasteiger partial charge in [0.05, 0.1) is 17.7 Å². The number of nitrogens with zero attached hydrogens (tertiary/aromatic N) is 3. The zero-order valence-corrected chi connectivity index (χ0v) is 9.54. The van der Waals surface area contributed by atoms with Gasteiger partial charge in [-0.05, 0) is 19.1 Å². The number of hydrogen-bond donors (Lipinski definition) is 1. The Kier molecular flexibility index (Phi) is 3.22. The number of nitriles is 1. The molecule has 0 fully saturated rings. The van der Waals surface area contributed by atoms with E-state index in [0.717, 1.165) is 11.4 Å². The molecule has 0 saturated heterocycles. The lowest BCUT2D eigenvalue weighted by atomic mass is 10.1. The van der Waals surface area contributed by atoms with Crippen molar-refractivity contribution in [2.45, 2.75) is 19.6 Å². The molecule has 0 aliphatic carbocycles. The van der Waals surface area contributed by atoms with Gasteiger partial charge in [-0.15, -0.1) is 0 Å². The zero-order valence-electron chi connectivity index (χ0n) is 9.54. The minimum absolute atomic E-state index is 0.429. The van der Waals surface area contributed by atoms with Crippen LogP contribution >= 0.6 is 0 Å². The summed E-state index contributed by atoms with van der Waals surface area (Å²) in [6.45, 7) is 2.22. The minimum atomic E-state index is -0.429. The Labute approximate surface area is 99.8 Å². The van der Waals surface area contributed by atoms with Gasteiger partial charge in [0.25, 0.3) is 0 Å². The van der Waals surface area contributed by atoms with Crippen molar-refractivity contribution in [2.24, 2.45) is 0 Å². The van der Waals surface area contributed by atoms with Crippen LogP contribution in [0, 0.1) is 11.3 Å². The molecule has 1 aromatic heterocycles. The summed E-state index contributed by atoms with van der Waals surface area (Å²) in [5.41, 5.74) is 1.49. The van der Waals surface area contributed by atoms with Crippen LogP contribution in [0.25, 0.3) is 11.4 Å². The van der Waals surface area contributed by atoms with Gasteiger partial charge in [0.1, 0.15) is 5.82 Å². The van der Waals surface area contributed by atoms with Crippen LogP contribution in [-0.2, 0) is 6.54 Å². The van der Waals surface area contributed by atoms with Gasteiger partial charge < -0.3 is 9.67 Å². The maximum Gasteiger partial charge on any atom is 0.140 e. The maximum atomic E-state index is 9.40. The van der Waals surface area contributed by atoms with Gasteiger partial charge in [0, 0.05) is 24.5 Å². The molecule has 1 aromatic carbocycles. The number of hydrogen-bond acceptors (Lipinski definition) is 3. The van der Waals surface area contributed by atoms with E-state index in [1.807, 2.05) is 22.9 Å². The largest absolute Gasteiger partial charge is 0.392 e. The van der Waals surface area contributed by atoms with Crippen molar-refractivity contribution in [3.63, 3.8) is 0 Å². The Bertz CT molecular complexity index is 552. The quantitative estimate of drug-likeness (QED) is 0.869. The molecule has 1 heterocycles. The SMILES string of the molecule is C[C@H](O)Cn1ccnc1-c1cccc(C#N)c1. The van der Waals surface area contributed by atoms with Crippen LogP contribution in [0.5, 0.6) is 0 Å². The first-order chi connectivity index (χ1) is 8.20. The van der Waals surface area contributed by atoms with Crippen LogP contribution < -0.4 is 0 Å². The molecule has 1 atom stereocenters. The number of aliphatic hydroxyl groups is 1. The molecule has 2 rings (SSSR count). The first-order valence-corrected chi connectivity index (χ1v) is 5.40. The molecule has 0 amide bonds. The third kappa shape index (κ3) is 2.52. The highest BCUT2D eigenvalue weighted by atomic mass is 16.3. The molecule has 1 N–H and O–H groups in total. The second-order valence-electron chi connectivity index (χ2n) is 3.94. The van der Waals surface area contributed by atoms with Crippen molar-refractivity contribution in [3.05, 3.63) is 42.2 Å². The molecular formula is C13H13N3O. The summed E-state index contributed by atoms with van der Waals surface area (Å²) < 4.78 is 1.88. The van der Waals surface area contributed by atoms with Crippen molar-refractivity contribution in [3.8, 4) is 17.5 Å². The van der Waals surface area contributed by atoms with Gasteiger partial charge in [-0.25, -0.2) is 4.98 Å². The summed E-state index contributed by atoms with van der Waals surface area (Å²) in [6, 6.07) is 9.38. The average Bonchev–Trinajstić information content (AvgIpc) is 2.76. The number of aliphatic hydroxyl groups excluding tert-OH is 1. The molecule has 0 aliphatic rings.